The van der Waals surface area contributed by atoms with Crippen molar-refractivity contribution in [2.24, 2.45) is 7.05 Å². The van der Waals surface area contributed by atoms with Crippen molar-refractivity contribution in [1.29, 1.82) is 0 Å². The predicted molar refractivity (Wildman–Crippen MR) is 112 cm³/mol. The van der Waals surface area contributed by atoms with Gasteiger partial charge in [0.25, 0.3) is 5.56 Å². The second-order valence-electron chi connectivity index (χ2n) is 8.27. The third-order valence-corrected chi connectivity index (χ3v) is 7.13. The molecule has 1 aromatic heterocycles. The Morgan fingerprint density at radius 1 is 1.14 bits per heavy atom. The standard InChI is InChI=1S/C21H27N3O4S/c1-13-15(20(25)17-18(14-7-8-14)22-23(2)21(17)26)9-10-16(29(3,27)28)19(13)24-11-5-4-6-12-24/h9-10,14,22H,4-8,11-12H2,1-3H3. The van der Waals surface area contributed by atoms with E-state index in [0.29, 0.717) is 22.5 Å². The molecule has 0 atom stereocenters. The summed E-state index contributed by atoms with van der Waals surface area (Å²) in [5.41, 5.74) is 2.20. The number of carbonyl (C=O) groups excluding carboxylic acids is 1. The molecule has 1 N–H and O–H groups in total. The van der Waals surface area contributed by atoms with Gasteiger partial charge in [-0.25, -0.2) is 8.42 Å². The van der Waals surface area contributed by atoms with Crippen molar-refractivity contribution in [3.63, 3.8) is 0 Å². The van der Waals surface area contributed by atoms with Crippen molar-refractivity contribution in [1.82, 2.24) is 9.78 Å². The molecule has 1 aliphatic heterocycles. The van der Waals surface area contributed by atoms with Crippen LogP contribution in [0.4, 0.5) is 5.69 Å². The van der Waals surface area contributed by atoms with Gasteiger partial charge in [0.2, 0.25) is 5.78 Å². The molecular formula is C21H27N3O4S. The van der Waals surface area contributed by atoms with Gasteiger partial charge >= 0.3 is 0 Å². The van der Waals surface area contributed by atoms with E-state index >= 15 is 0 Å². The maximum atomic E-state index is 13.4. The van der Waals surface area contributed by atoms with Gasteiger partial charge in [0.1, 0.15) is 5.56 Å². The number of aromatic nitrogens is 2. The molecule has 2 aromatic rings. The molecule has 2 fully saturated rings. The van der Waals surface area contributed by atoms with Gasteiger partial charge in [-0.15, -0.1) is 0 Å². The van der Waals surface area contributed by atoms with Crippen LogP contribution >= 0.6 is 0 Å². The lowest BCUT2D eigenvalue weighted by molar-refractivity contribution is 0.103. The molecule has 4 rings (SSSR count). The maximum Gasteiger partial charge on any atom is 0.277 e. The number of ketones is 1. The van der Waals surface area contributed by atoms with Gasteiger partial charge in [-0.2, -0.15) is 0 Å². The van der Waals surface area contributed by atoms with Crippen LogP contribution in [0, 0.1) is 6.92 Å². The summed E-state index contributed by atoms with van der Waals surface area (Å²) in [7, 11) is -1.84. The number of anilines is 1. The summed E-state index contributed by atoms with van der Waals surface area (Å²) >= 11 is 0. The van der Waals surface area contributed by atoms with E-state index in [-0.39, 0.29) is 27.7 Å². The zero-order valence-corrected chi connectivity index (χ0v) is 17.9. The molecule has 0 unspecified atom stereocenters. The molecule has 29 heavy (non-hydrogen) atoms. The van der Waals surface area contributed by atoms with Crippen LogP contribution in [0.15, 0.2) is 21.8 Å². The van der Waals surface area contributed by atoms with Crippen molar-refractivity contribution in [2.75, 3.05) is 24.2 Å². The van der Waals surface area contributed by atoms with Crippen LogP contribution in [0.3, 0.4) is 0 Å². The molecule has 2 aliphatic rings. The van der Waals surface area contributed by atoms with Crippen LogP contribution in [-0.2, 0) is 16.9 Å². The van der Waals surface area contributed by atoms with Crippen LogP contribution in [-0.4, -0.2) is 43.3 Å². The molecule has 8 heteroatoms. The topological polar surface area (TPSA) is 92.2 Å². The molecule has 1 aromatic carbocycles. The van der Waals surface area contributed by atoms with Crippen molar-refractivity contribution in [3.8, 4) is 0 Å². The van der Waals surface area contributed by atoms with Crippen molar-refractivity contribution < 1.29 is 13.2 Å². The highest BCUT2D eigenvalue weighted by Crippen LogP contribution is 2.41. The van der Waals surface area contributed by atoms with Crippen LogP contribution in [0.25, 0.3) is 0 Å². The Bertz CT molecular complexity index is 1130. The van der Waals surface area contributed by atoms with E-state index in [0.717, 1.165) is 45.2 Å². The number of aryl methyl sites for hydroxylation is 1. The minimum absolute atomic E-state index is 0.190. The molecule has 0 bridgehead atoms. The average Bonchev–Trinajstić information content (AvgIpc) is 3.47. The smallest absolute Gasteiger partial charge is 0.277 e. The Morgan fingerprint density at radius 3 is 2.38 bits per heavy atom. The lowest BCUT2D eigenvalue weighted by Crippen LogP contribution is -2.32. The molecule has 7 nitrogen and oxygen atoms in total. The zero-order valence-electron chi connectivity index (χ0n) is 17.1. The van der Waals surface area contributed by atoms with Crippen LogP contribution in [0.1, 0.15) is 65.2 Å². The van der Waals surface area contributed by atoms with Crippen molar-refractivity contribution in [3.05, 3.63) is 44.9 Å². The minimum Gasteiger partial charge on any atom is -0.370 e. The van der Waals surface area contributed by atoms with Gasteiger partial charge in [0, 0.05) is 37.9 Å². The van der Waals surface area contributed by atoms with Crippen LogP contribution in [0.2, 0.25) is 0 Å². The number of hydrogen-bond acceptors (Lipinski definition) is 5. The van der Waals surface area contributed by atoms with Crippen LogP contribution < -0.4 is 10.5 Å². The second kappa shape index (κ2) is 7.16. The van der Waals surface area contributed by atoms with E-state index < -0.39 is 9.84 Å². The largest absolute Gasteiger partial charge is 0.370 e. The fraction of sp³-hybridized carbons (Fsp3) is 0.524. The Labute approximate surface area is 170 Å². The number of nitrogens with one attached hydrogen (secondary N) is 1. The molecule has 0 amide bonds. The summed E-state index contributed by atoms with van der Waals surface area (Å²) in [6.45, 7) is 3.32. The first-order valence-corrected chi connectivity index (χ1v) is 12.0. The number of sulfone groups is 1. The second-order valence-corrected chi connectivity index (χ2v) is 10.3. The third-order valence-electron chi connectivity index (χ3n) is 6.00. The Kier molecular flexibility index (Phi) is 4.93. The number of piperidine rings is 1. The van der Waals surface area contributed by atoms with E-state index in [1.54, 1.807) is 20.0 Å². The minimum atomic E-state index is -3.45. The SMILES string of the molecule is Cc1c(C(=O)c2c(C3CC3)[nH]n(C)c2=O)ccc(S(C)(=O)=O)c1N1CCCCC1. The number of nitrogens with zero attached hydrogens (tertiary/aromatic N) is 2. The number of aromatic amines is 1. The normalized spacial score (nSPS) is 17.6. The molecule has 1 saturated carbocycles. The summed E-state index contributed by atoms with van der Waals surface area (Å²) in [6, 6.07) is 3.08. The van der Waals surface area contributed by atoms with Gasteiger partial charge in [-0.3, -0.25) is 19.4 Å². The lowest BCUT2D eigenvalue weighted by Gasteiger charge is -2.32. The van der Waals surface area contributed by atoms with Crippen molar-refractivity contribution >= 4 is 21.3 Å². The van der Waals surface area contributed by atoms with Gasteiger partial charge in [0.05, 0.1) is 16.3 Å². The number of hydrogen-bond donors (Lipinski definition) is 1. The first kappa shape index (κ1) is 19.9. The van der Waals surface area contributed by atoms with Gasteiger partial charge < -0.3 is 4.90 Å². The van der Waals surface area contributed by atoms with Gasteiger partial charge in [0.15, 0.2) is 9.84 Å². The highest BCUT2D eigenvalue weighted by Gasteiger charge is 2.34. The number of H-pyrrole nitrogens is 1. The van der Waals surface area contributed by atoms with Crippen molar-refractivity contribution in [2.45, 2.75) is 49.8 Å². The average molecular weight is 418 g/mol. The first-order valence-electron chi connectivity index (χ1n) is 10.1. The summed E-state index contributed by atoms with van der Waals surface area (Å²) < 4.78 is 26.2. The van der Waals surface area contributed by atoms with Gasteiger partial charge in [-0.1, -0.05) is 0 Å². The lowest BCUT2D eigenvalue weighted by atomic mass is 9.96. The number of benzene rings is 1. The molecular weight excluding hydrogens is 390 g/mol. The fourth-order valence-corrected chi connectivity index (χ4v) is 5.27. The molecule has 2 heterocycles. The zero-order chi connectivity index (χ0) is 20.9. The third kappa shape index (κ3) is 3.54. The molecule has 0 radical (unpaired) electrons. The quantitative estimate of drug-likeness (QED) is 0.755. The summed E-state index contributed by atoms with van der Waals surface area (Å²) in [5.74, 6) is -0.107. The predicted octanol–water partition coefficient (Wildman–Crippen LogP) is 2.52. The summed E-state index contributed by atoms with van der Waals surface area (Å²) in [5, 5.41) is 3.04. The van der Waals surface area contributed by atoms with E-state index in [9.17, 15) is 18.0 Å². The number of carbonyl (C=O) groups is 1. The maximum absolute atomic E-state index is 13.4. The Hall–Kier alpha value is -2.35. The molecule has 1 aliphatic carbocycles. The monoisotopic (exact) mass is 417 g/mol. The summed E-state index contributed by atoms with van der Waals surface area (Å²) in [4.78, 5) is 28.4. The Morgan fingerprint density at radius 2 is 1.79 bits per heavy atom. The summed E-state index contributed by atoms with van der Waals surface area (Å²) in [6.07, 6.45) is 6.23. The van der Waals surface area contributed by atoms with Crippen LogP contribution in [0.5, 0.6) is 0 Å². The number of rotatable bonds is 5. The van der Waals surface area contributed by atoms with E-state index in [4.69, 9.17) is 0 Å². The molecule has 1 saturated heterocycles. The molecule has 156 valence electrons. The van der Waals surface area contributed by atoms with E-state index in [1.807, 2.05) is 0 Å². The highest BCUT2D eigenvalue weighted by molar-refractivity contribution is 7.90. The Balaban J connectivity index is 1.87. The molecule has 0 spiro atoms. The van der Waals surface area contributed by atoms with E-state index in [2.05, 4.69) is 10.00 Å². The van der Waals surface area contributed by atoms with E-state index in [1.165, 1.54) is 17.0 Å². The highest BCUT2D eigenvalue weighted by atomic mass is 32.2. The van der Waals surface area contributed by atoms with Gasteiger partial charge in [-0.05, 0) is 56.7 Å². The first-order chi connectivity index (χ1) is 13.7. The fourth-order valence-electron chi connectivity index (χ4n) is 4.32.